The third kappa shape index (κ3) is 4.30. The van der Waals surface area contributed by atoms with E-state index in [0.717, 1.165) is 5.56 Å². The molecular weight excluding hydrogens is 348 g/mol. The van der Waals surface area contributed by atoms with Gasteiger partial charge in [-0.1, -0.05) is 64.1 Å². The van der Waals surface area contributed by atoms with Gasteiger partial charge in [-0.05, 0) is 70.6 Å². The number of allylic oxidation sites excluding steroid dienone is 1. The van der Waals surface area contributed by atoms with Crippen molar-refractivity contribution >= 4 is 17.6 Å². The Labute approximate surface area is 168 Å². The average Bonchev–Trinajstić information content (AvgIpc) is 2.64. The molecular formula is C25H30O3. The van der Waals surface area contributed by atoms with Crippen LogP contribution in [0.4, 0.5) is 0 Å². The van der Waals surface area contributed by atoms with Gasteiger partial charge in [-0.2, -0.15) is 0 Å². The number of benzene rings is 2. The Kier molecular flexibility index (Phi) is 5.38. The molecule has 0 spiro atoms. The number of carbonyl (C=O) groups excluding carboxylic acids is 1. The summed E-state index contributed by atoms with van der Waals surface area (Å²) in [6.45, 7) is 12.9. The van der Waals surface area contributed by atoms with Crippen LogP contribution in [0.25, 0.3) is 11.6 Å². The van der Waals surface area contributed by atoms with Crippen LogP contribution in [0.1, 0.15) is 76.6 Å². The molecule has 2 aromatic carbocycles. The van der Waals surface area contributed by atoms with E-state index in [1.54, 1.807) is 12.1 Å². The first-order valence-electron chi connectivity index (χ1n) is 9.87. The molecule has 0 heterocycles. The summed E-state index contributed by atoms with van der Waals surface area (Å²) < 4.78 is 0. The lowest BCUT2D eigenvalue weighted by Gasteiger charge is -2.42. The Balaban J connectivity index is 1.86. The van der Waals surface area contributed by atoms with Crippen molar-refractivity contribution in [3.05, 3.63) is 64.7 Å². The molecule has 3 nitrogen and oxygen atoms in total. The van der Waals surface area contributed by atoms with Crippen molar-refractivity contribution in [3.8, 4) is 5.75 Å². The Morgan fingerprint density at radius 1 is 0.893 bits per heavy atom. The smallest absolute Gasteiger partial charge is 0.287 e. The molecule has 0 saturated carbocycles. The van der Waals surface area contributed by atoms with Crippen LogP contribution in [-0.2, 0) is 20.5 Å². The molecule has 1 aliphatic rings. The van der Waals surface area contributed by atoms with Crippen LogP contribution in [0, 0.1) is 0 Å². The fourth-order valence-corrected chi connectivity index (χ4v) is 3.89. The summed E-state index contributed by atoms with van der Waals surface area (Å²) in [6, 6.07) is 14.4. The lowest BCUT2D eigenvalue weighted by molar-refractivity contribution is -0.210. The van der Waals surface area contributed by atoms with Gasteiger partial charge in [-0.15, -0.1) is 0 Å². The first-order valence-corrected chi connectivity index (χ1v) is 9.87. The van der Waals surface area contributed by atoms with Gasteiger partial charge >= 0.3 is 5.97 Å². The van der Waals surface area contributed by atoms with Crippen LogP contribution in [0.5, 0.6) is 5.75 Å². The van der Waals surface area contributed by atoms with Crippen LogP contribution >= 0.6 is 0 Å². The Morgan fingerprint density at radius 2 is 1.50 bits per heavy atom. The van der Waals surface area contributed by atoms with E-state index < -0.39 is 5.97 Å². The lowest BCUT2D eigenvalue weighted by Crippen LogP contribution is -2.33. The SMILES string of the molecule is CC(=O)OOc1ccc(/C=C(\C)c2ccc3c(c2)C(C)(C)CCC3(C)C)cc1. The second kappa shape index (κ2) is 7.46. The third-order valence-electron chi connectivity index (χ3n) is 5.83. The second-order valence-electron chi connectivity index (χ2n) is 9.08. The van der Waals surface area contributed by atoms with Gasteiger partial charge in [-0.3, -0.25) is 9.78 Å². The van der Waals surface area contributed by atoms with E-state index >= 15 is 0 Å². The van der Waals surface area contributed by atoms with Crippen LogP contribution < -0.4 is 4.89 Å². The minimum Gasteiger partial charge on any atom is -0.287 e. The maximum atomic E-state index is 10.8. The molecule has 3 rings (SSSR count). The summed E-state index contributed by atoms with van der Waals surface area (Å²) in [5, 5.41) is 0. The van der Waals surface area contributed by atoms with E-state index in [9.17, 15) is 4.79 Å². The molecule has 0 aromatic heterocycles. The molecule has 0 N–H and O–H groups in total. The van der Waals surface area contributed by atoms with Crippen molar-refractivity contribution < 1.29 is 14.6 Å². The summed E-state index contributed by atoms with van der Waals surface area (Å²) in [5.41, 5.74) is 6.94. The number of fused-ring (bicyclic) bond motifs is 1. The van der Waals surface area contributed by atoms with Crippen LogP contribution in [-0.4, -0.2) is 5.97 Å². The van der Waals surface area contributed by atoms with E-state index in [2.05, 4.69) is 63.8 Å². The molecule has 28 heavy (non-hydrogen) atoms. The Bertz CT molecular complexity index is 902. The maximum Gasteiger partial charge on any atom is 0.352 e. The monoisotopic (exact) mass is 378 g/mol. The Morgan fingerprint density at radius 3 is 2.11 bits per heavy atom. The van der Waals surface area contributed by atoms with Crippen molar-refractivity contribution in [2.75, 3.05) is 0 Å². The minimum atomic E-state index is -0.474. The second-order valence-corrected chi connectivity index (χ2v) is 9.08. The van der Waals surface area contributed by atoms with Crippen molar-refractivity contribution in [2.45, 2.75) is 65.2 Å². The predicted octanol–water partition coefficient (Wildman–Crippen LogP) is 6.45. The molecule has 0 atom stereocenters. The molecule has 0 radical (unpaired) electrons. The standard InChI is InChI=1S/C25H30O3/c1-17(15-19-7-10-21(11-8-19)28-27-18(2)26)20-9-12-22-23(16-20)25(5,6)14-13-24(22,3)4/h7-12,15-16H,13-14H2,1-6H3/b17-15+. The van der Waals surface area contributed by atoms with Gasteiger partial charge in [0.15, 0.2) is 5.75 Å². The van der Waals surface area contributed by atoms with E-state index in [4.69, 9.17) is 4.89 Å². The molecule has 2 aromatic rings. The summed E-state index contributed by atoms with van der Waals surface area (Å²) in [5.74, 6) is 0.0288. The van der Waals surface area contributed by atoms with Crippen LogP contribution in [0.2, 0.25) is 0 Å². The summed E-state index contributed by atoms with van der Waals surface area (Å²) in [4.78, 5) is 20.3. The van der Waals surface area contributed by atoms with Gasteiger partial charge in [0.2, 0.25) is 0 Å². The van der Waals surface area contributed by atoms with Gasteiger partial charge in [0.25, 0.3) is 0 Å². The summed E-state index contributed by atoms with van der Waals surface area (Å²) in [6.07, 6.45) is 4.60. The fraction of sp³-hybridized carbons (Fsp3) is 0.400. The van der Waals surface area contributed by atoms with Crippen LogP contribution in [0.3, 0.4) is 0 Å². The predicted molar refractivity (Wildman–Crippen MR) is 114 cm³/mol. The number of carbonyl (C=O) groups is 1. The van der Waals surface area contributed by atoms with Gasteiger partial charge in [0.1, 0.15) is 0 Å². The van der Waals surface area contributed by atoms with Crippen molar-refractivity contribution in [1.82, 2.24) is 0 Å². The van der Waals surface area contributed by atoms with E-state index in [0.29, 0.717) is 5.75 Å². The highest BCUT2D eigenvalue weighted by Crippen LogP contribution is 2.46. The zero-order chi connectivity index (χ0) is 20.5. The highest BCUT2D eigenvalue weighted by atomic mass is 17.2. The molecule has 0 saturated heterocycles. The zero-order valence-corrected chi connectivity index (χ0v) is 17.8. The van der Waals surface area contributed by atoms with Gasteiger partial charge in [-0.25, -0.2) is 4.79 Å². The average molecular weight is 379 g/mol. The molecule has 0 amide bonds. The molecule has 0 fully saturated rings. The van der Waals surface area contributed by atoms with E-state index in [-0.39, 0.29) is 10.8 Å². The largest absolute Gasteiger partial charge is 0.352 e. The third-order valence-corrected chi connectivity index (χ3v) is 5.83. The number of hydrogen-bond donors (Lipinski definition) is 0. The first kappa shape index (κ1) is 20.2. The normalized spacial score (nSPS) is 17.6. The summed E-state index contributed by atoms with van der Waals surface area (Å²) in [7, 11) is 0. The number of hydrogen-bond acceptors (Lipinski definition) is 3. The van der Waals surface area contributed by atoms with Crippen molar-refractivity contribution in [2.24, 2.45) is 0 Å². The first-order chi connectivity index (χ1) is 13.1. The highest BCUT2D eigenvalue weighted by Gasteiger charge is 2.36. The topological polar surface area (TPSA) is 35.5 Å². The lowest BCUT2D eigenvalue weighted by atomic mass is 9.63. The zero-order valence-electron chi connectivity index (χ0n) is 17.8. The maximum absolute atomic E-state index is 10.8. The number of rotatable bonds is 4. The molecule has 1 aliphatic carbocycles. The minimum absolute atomic E-state index is 0.205. The van der Waals surface area contributed by atoms with Crippen molar-refractivity contribution in [1.29, 1.82) is 0 Å². The summed E-state index contributed by atoms with van der Waals surface area (Å²) >= 11 is 0. The van der Waals surface area contributed by atoms with Gasteiger partial charge < -0.3 is 0 Å². The molecule has 0 bridgehead atoms. The quantitative estimate of drug-likeness (QED) is 0.348. The molecule has 148 valence electrons. The van der Waals surface area contributed by atoms with Gasteiger partial charge in [0, 0.05) is 6.92 Å². The Hall–Kier alpha value is -2.55. The fourth-order valence-electron chi connectivity index (χ4n) is 3.89. The molecule has 0 unspecified atom stereocenters. The molecule has 0 aliphatic heterocycles. The van der Waals surface area contributed by atoms with Gasteiger partial charge in [0.05, 0.1) is 0 Å². The van der Waals surface area contributed by atoms with E-state index in [1.165, 1.54) is 42.0 Å². The molecule has 3 heteroatoms. The van der Waals surface area contributed by atoms with E-state index in [1.807, 2.05) is 12.1 Å². The van der Waals surface area contributed by atoms with Crippen LogP contribution in [0.15, 0.2) is 42.5 Å². The van der Waals surface area contributed by atoms with Crippen molar-refractivity contribution in [3.63, 3.8) is 0 Å². The highest BCUT2D eigenvalue weighted by molar-refractivity contribution is 5.81.